The first-order valence-corrected chi connectivity index (χ1v) is 40.7. The Bertz CT molecular complexity index is 4890. The number of nitrogens with zero attached hydrogens (tertiary/aromatic N) is 7. The van der Waals surface area contributed by atoms with Crippen molar-refractivity contribution in [3.63, 3.8) is 0 Å². The molecule has 8 aliphatic rings. The molecular formula is C75H88N10O24S3. The molecule has 4 saturated carbocycles. The second-order valence-electron chi connectivity index (χ2n) is 31.0. The number of anilines is 2. The van der Waals surface area contributed by atoms with Crippen LogP contribution in [0.15, 0.2) is 91.1 Å². The number of likely N-dealkylation sites (tertiary alicyclic amines) is 1. The molecule has 37 heteroatoms. The predicted molar refractivity (Wildman–Crippen MR) is 398 cm³/mol. The number of unbranched alkanes of at least 4 members (excludes halogenated alkanes) is 1. The largest absolute Gasteiger partial charge is 0.479 e. The van der Waals surface area contributed by atoms with E-state index in [1.54, 1.807) is 30.5 Å². The van der Waals surface area contributed by atoms with Gasteiger partial charge >= 0.3 is 17.9 Å². The van der Waals surface area contributed by atoms with Crippen LogP contribution in [0.5, 0.6) is 5.75 Å². The van der Waals surface area contributed by atoms with Crippen molar-refractivity contribution in [2.24, 2.45) is 16.2 Å². The van der Waals surface area contributed by atoms with E-state index in [1.165, 1.54) is 23.5 Å². The molecular weight excluding hydrogens is 1520 g/mol. The van der Waals surface area contributed by atoms with Crippen LogP contribution in [0.2, 0.25) is 0 Å². The van der Waals surface area contributed by atoms with Crippen molar-refractivity contribution in [1.29, 1.82) is 0 Å². The van der Waals surface area contributed by atoms with E-state index in [2.05, 4.69) is 34.8 Å². The number of aromatic nitrogens is 4. The molecule has 2 saturated heterocycles. The third-order valence-corrected chi connectivity index (χ3v) is 24.5. The zero-order valence-corrected chi connectivity index (χ0v) is 63.9. The number of rotatable bonds is 33. The second-order valence-corrected chi connectivity index (χ2v) is 35.1. The summed E-state index contributed by atoms with van der Waals surface area (Å²) in [4.78, 5) is 118. The quantitative estimate of drug-likeness (QED) is 0.0122. The smallest absolute Gasteiger partial charge is 0.355 e. The molecule has 600 valence electrons. The molecule has 6 fully saturated rings. The van der Waals surface area contributed by atoms with Gasteiger partial charge in [0.25, 0.3) is 38.0 Å². The molecule has 112 heavy (non-hydrogen) atoms. The van der Waals surface area contributed by atoms with E-state index >= 15 is 0 Å². The van der Waals surface area contributed by atoms with Crippen molar-refractivity contribution >= 4 is 100 Å². The SMILES string of the molecule is Cc1c(-c2ccc(N3CCc4cccc(C(=O)Nc5nc6ccccc6s5)c4C3)nc2C(=O)O)cnn1CC12CC3(C)CC(C)(C1)CC(OCCNC(CS(=O)(=O)O)C(=O)OCc1ccc(CCCCNC(=O)CN4C(=O)[C@@H](N5C(=O)C=CC5=O)C[C@H]4COCCS(=O)(=O)O)cc1O[C@@H]1O[C@H](C(=O)O)C(O)[C@H](O)[C@H]1O)(C3)C2. The second kappa shape index (κ2) is 32.3. The summed E-state index contributed by atoms with van der Waals surface area (Å²) in [7, 11) is -9.24. The number of hydrogen-bond acceptors (Lipinski definition) is 26. The number of carboxylic acid groups (broad SMARTS) is 2. The molecule has 3 aromatic heterocycles. The average molecular weight is 1610 g/mol. The number of aromatic carboxylic acids is 1. The number of imide groups is 1. The van der Waals surface area contributed by atoms with Gasteiger partial charge in [-0.15, -0.1) is 0 Å². The highest BCUT2D eigenvalue weighted by molar-refractivity contribution is 7.86. The number of esters is 1. The summed E-state index contributed by atoms with van der Waals surface area (Å²) in [6.45, 7) is 5.81. The van der Waals surface area contributed by atoms with Crippen LogP contribution in [0.25, 0.3) is 21.3 Å². The minimum atomic E-state index is -4.85. The maximum absolute atomic E-state index is 14.1. The maximum atomic E-state index is 14.1. The predicted octanol–water partition coefficient (Wildman–Crippen LogP) is 3.61. The standard InChI is InChI=1S/C75H88N10O24S3/c1-42-49(47-16-17-56(80-60(47)67(94)95)82-23-20-44-10-8-11-48(50(44)30-82)65(92)81-71-79-51-12-4-5-13-55(51)110-71)29-78-84(42)41-74-36-72(2)35-73(3,37-74)39-75(38-72,40-74)107-24-22-76-52(34-112(102,103)104)69(98)106-32-45-15-14-43(27-54(45)108-70-63(91)61(89)62(90)64(109-70)68(96)97)9-6-7-21-77-57(86)31-83-46(33-105-25-26-111(99,100)101)28-53(66(83)93)85-58(87)18-19-59(85)88/h4-5,8,10-19,27,29,46,52-53,61-64,70,76,89-91H,6-7,9,20-26,28,30-41H2,1-3H3,(H,77,86)(H,94,95)(H,96,97)(H,79,81,92)(H,99,100,101)(H,102,103,104)/t46-,52?,53-,61-,62?,63+,64-,70+,72?,73?,74?,75?/m0/s1. The van der Waals surface area contributed by atoms with Crippen LogP contribution < -0.4 is 25.6 Å². The lowest BCUT2D eigenvalue weighted by molar-refractivity contribution is -0.271. The van der Waals surface area contributed by atoms with Crippen molar-refractivity contribution in [2.75, 3.05) is 67.7 Å². The molecule has 4 aliphatic heterocycles. The number of aliphatic hydroxyl groups excluding tert-OH is 3. The van der Waals surface area contributed by atoms with Crippen LogP contribution in [0, 0.1) is 23.2 Å². The highest BCUT2D eigenvalue weighted by atomic mass is 32.2. The van der Waals surface area contributed by atoms with Crippen LogP contribution >= 0.6 is 11.3 Å². The number of aliphatic carboxylic acids is 1. The maximum Gasteiger partial charge on any atom is 0.355 e. The third-order valence-electron chi connectivity index (χ3n) is 22.1. The Kier molecular flexibility index (Phi) is 23.3. The monoisotopic (exact) mass is 1610 g/mol. The number of para-hydroxylation sites is 1. The minimum Gasteiger partial charge on any atom is -0.479 e. The Labute approximate surface area is 647 Å². The van der Waals surface area contributed by atoms with E-state index in [4.69, 9.17) is 38.3 Å². The van der Waals surface area contributed by atoms with Gasteiger partial charge in [0.15, 0.2) is 16.9 Å². The fourth-order valence-electron chi connectivity index (χ4n) is 18.3. The van der Waals surface area contributed by atoms with E-state index in [0.717, 1.165) is 68.3 Å². The molecule has 14 rings (SSSR count). The van der Waals surface area contributed by atoms with Gasteiger partial charge in [-0.1, -0.05) is 61.6 Å². The summed E-state index contributed by atoms with van der Waals surface area (Å²) in [5.41, 5.74) is 3.95. The summed E-state index contributed by atoms with van der Waals surface area (Å²) >= 11 is 1.38. The summed E-state index contributed by atoms with van der Waals surface area (Å²) in [6, 6.07) is 17.5. The Morgan fingerprint density at radius 1 is 0.812 bits per heavy atom. The molecule has 6 aromatic rings. The Hall–Kier alpha value is -9.25. The van der Waals surface area contributed by atoms with Crippen LogP contribution in [0.4, 0.5) is 10.9 Å². The highest BCUT2D eigenvalue weighted by Crippen LogP contribution is 2.72. The van der Waals surface area contributed by atoms with E-state index < -0.39 is 147 Å². The molecule has 7 heterocycles. The third kappa shape index (κ3) is 18.0. The van der Waals surface area contributed by atoms with Crippen molar-refractivity contribution in [3.8, 4) is 16.9 Å². The number of thiazole rings is 1. The lowest BCUT2D eigenvalue weighted by Crippen LogP contribution is -2.64. The first-order chi connectivity index (χ1) is 53.1. The number of aryl methyl sites for hydroxylation is 1. The number of hydrogen-bond donors (Lipinski definition) is 10. The summed E-state index contributed by atoms with van der Waals surface area (Å²) in [5.74, 6) is -8.75. The number of aliphatic hydroxyl groups is 3. The fraction of sp³-hybridized carbons (Fsp3) is 0.507. The average Bonchev–Trinajstić information content (AvgIpc) is 0.761. The van der Waals surface area contributed by atoms with Gasteiger partial charge in [0.2, 0.25) is 18.1 Å². The topological polar surface area (TPSA) is 482 Å². The molecule has 34 nitrogen and oxygen atoms in total. The molecule has 10 N–H and O–H groups in total. The van der Waals surface area contributed by atoms with Gasteiger partial charge in [-0.25, -0.2) is 19.6 Å². The molecule has 0 radical (unpaired) electrons. The van der Waals surface area contributed by atoms with Crippen LogP contribution in [0.3, 0.4) is 0 Å². The molecule has 4 bridgehead atoms. The first-order valence-electron chi connectivity index (χ1n) is 36.7. The van der Waals surface area contributed by atoms with Crippen LogP contribution in [0.1, 0.15) is 120 Å². The zero-order valence-electron chi connectivity index (χ0n) is 61.5. The molecule has 5 amide bonds. The van der Waals surface area contributed by atoms with Crippen LogP contribution in [-0.4, -0.2) is 240 Å². The van der Waals surface area contributed by atoms with Crippen molar-refractivity contribution in [3.05, 3.63) is 130 Å². The highest BCUT2D eigenvalue weighted by Gasteiger charge is 2.66. The number of carboxylic acids is 2. The van der Waals surface area contributed by atoms with Gasteiger partial charge in [-0.05, 0) is 140 Å². The van der Waals surface area contributed by atoms with Crippen molar-refractivity contribution in [2.45, 2.75) is 166 Å². The van der Waals surface area contributed by atoms with E-state index in [1.807, 2.05) is 52.9 Å². The van der Waals surface area contributed by atoms with Gasteiger partial charge in [0.1, 0.15) is 54.3 Å². The molecule has 3 aromatic carbocycles. The Morgan fingerprint density at radius 2 is 1.56 bits per heavy atom. The van der Waals surface area contributed by atoms with Gasteiger partial charge in [0, 0.05) is 79.2 Å². The summed E-state index contributed by atoms with van der Waals surface area (Å²) in [5, 5.41) is 66.6. The first kappa shape index (κ1) is 80.8. The van der Waals surface area contributed by atoms with E-state index in [0.29, 0.717) is 91.4 Å². The number of ether oxygens (including phenoxy) is 5. The number of benzene rings is 3. The molecule has 0 spiro atoms. The zero-order chi connectivity index (χ0) is 80.0. The number of carbonyl (C=O) groups excluding carboxylic acids is 6. The van der Waals surface area contributed by atoms with Gasteiger partial charge in [0.05, 0.1) is 60.2 Å². The Balaban J connectivity index is 0.637. The lowest BCUT2D eigenvalue weighted by Gasteiger charge is -2.69. The van der Waals surface area contributed by atoms with E-state index in [9.17, 15) is 85.3 Å². The molecule has 4 unspecified atom stereocenters. The van der Waals surface area contributed by atoms with Gasteiger partial charge in [-0.3, -0.25) is 52.8 Å². The Morgan fingerprint density at radius 3 is 2.28 bits per heavy atom. The summed E-state index contributed by atoms with van der Waals surface area (Å²) < 4.78 is 99.2. The minimum absolute atomic E-state index is 0.00427. The number of pyridine rings is 1. The lowest BCUT2D eigenvalue weighted by atomic mass is 9.39. The van der Waals surface area contributed by atoms with Gasteiger partial charge in [-0.2, -0.15) is 21.9 Å². The normalized spacial score (nSPS) is 26.4. The molecule has 4 aliphatic carbocycles. The van der Waals surface area contributed by atoms with Crippen molar-refractivity contribution in [1.82, 2.24) is 40.2 Å². The molecule has 10 atom stereocenters. The summed E-state index contributed by atoms with van der Waals surface area (Å²) in [6.07, 6.45) is -0.334. The van der Waals surface area contributed by atoms with Crippen molar-refractivity contribution < 1.29 is 114 Å². The van der Waals surface area contributed by atoms with Gasteiger partial charge < -0.3 is 69.7 Å². The number of fused-ring (bicyclic) bond motifs is 2. The number of amides is 5. The van der Waals surface area contributed by atoms with Crippen LogP contribution in [-0.2, 0) is 100 Å². The van der Waals surface area contributed by atoms with E-state index in [-0.39, 0.29) is 78.3 Å². The number of nitrogens with one attached hydrogen (secondary N) is 3. The number of carbonyl (C=O) groups is 8. The fourth-order valence-corrected chi connectivity index (χ4v) is 20.2.